The second kappa shape index (κ2) is 5.16. The van der Waals surface area contributed by atoms with Gasteiger partial charge in [0.2, 0.25) is 0 Å². The van der Waals surface area contributed by atoms with Crippen molar-refractivity contribution in [3.63, 3.8) is 0 Å². The molecule has 0 bridgehead atoms. The molecule has 1 saturated heterocycles. The number of ether oxygens (including phenoxy) is 1. The second-order valence-corrected chi connectivity index (χ2v) is 4.23. The van der Waals surface area contributed by atoms with E-state index in [0.29, 0.717) is 24.5 Å². The molecule has 1 aromatic carbocycles. The number of hydrazine groups is 1. The van der Waals surface area contributed by atoms with Crippen molar-refractivity contribution in [3.05, 3.63) is 29.3 Å². The molecule has 17 heavy (non-hydrogen) atoms. The predicted molar refractivity (Wildman–Crippen MR) is 65.7 cm³/mol. The normalized spacial score (nSPS) is 19.1. The summed E-state index contributed by atoms with van der Waals surface area (Å²) in [5.41, 5.74) is 4.76. The number of nitrogens with two attached hydrogens (primary N) is 1. The Labute approximate surface area is 100 Å². The number of amides is 1. The van der Waals surface area contributed by atoms with Crippen LogP contribution < -0.4 is 16.6 Å². The van der Waals surface area contributed by atoms with Crippen molar-refractivity contribution >= 4 is 11.6 Å². The van der Waals surface area contributed by atoms with Gasteiger partial charge in [-0.1, -0.05) is 11.6 Å². The van der Waals surface area contributed by atoms with Gasteiger partial charge in [-0.25, -0.2) is 0 Å². The lowest BCUT2D eigenvalue weighted by Gasteiger charge is -2.13. The van der Waals surface area contributed by atoms with Crippen molar-refractivity contribution in [1.29, 1.82) is 0 Å². The van der Waals surface area contributed by atoms with Crippen molar-refractivity contribution in [3.8, 4) is 0 Å². The van der Waals surface area contributed by atoms with Gasteiger partial charge in [-0.2, -0.15) is 0 Å². The molecule has 1 heterocycles. The molecule has 0 aromatic heterocycles. The largest absolute Gasteiger partial charge is 0.379 e. The standard InChI is InChI=1S/C12H17N3O2/c1-8-2-3-11(15-13)10(6-8)12(16)14-9-4-5-17-7-9/h2-3,6,9,15H,4-5,7,13H2,1H3,(H,14,16). The SMILES string of the molecule is Cc1ccc(NN)c(C(=O)NC2CCOC2)c1. The number of nitrogens with one attached hydrogen (secondary N) is 2. The zero-order valence-electron chi connectivity index (χ0n) is 9.82. The van der Waals surface area contributed by atoms with E-state index in [1.54, 1.807) is 6.07 Å². The van der Waals surface area contributed by atoms with E-state index in [-0.39, 0.29) is 11.9 Å². The Hall–Kier alpha value is -1.59. The summed E-state index contributed by atoms with van der Waals surface area (Å²) >= 11 is 0. The summed E-state index contributed by atoms with van der Waals surface area (Å²) in [6, 6.07) is 5.63. The molecule has 1 fully saturated rings. The van der Waals surface area contributed by atoms with Gasteiger partial charge in [-0.15, -0.1) is 0 Å². The molecule has 0 aliphatic carbocycles. The van der Waals surface area contributed by atoms with Crippen LogP contribution in [0.2, 0.25) is 0 Å². The molecule has 5 heteroatoms. The van der Waals surface area contributed by atoms with E-state index in [0.717, 1.165) is 12.0 Å². The maximum atomic E-state index is 12.1. The summed E-state index contributed by atoms with van der Waals surface area (Å²) in [4.78, 5) is 12.1. The topological polar surface area (TPSA) is 76.4 Å². The molecule has 1 amide bonds. The van der Waals surface area contributed by atoms with E-state index in [2.05, 4.69) is 10.7 Å². The molecule has 1 atom stereocenters. The van der Waals surface area contributed by atoms with Crippen LogP contribution in [0.4, 0.5) is 5.69 Å². The lowest BCUT2D eigenvalue weighted by molar-refractivity contribution is 0.0930. The summed E-state index contributed by atoms with van der Waals surface area (Å²) in [7, 11) is 0. The number of carbonyl (C=O) groups is 1. The highest BCUT2D eigenvalue weighted by atomic mass is 16.5. The maximum Gasteiger partial charge on any atom is 0.253 e. The van der Waals surface area contributed by atoms with E-state index >= 15 is 0 Å². The van der Waals surface area contributed by atoms with Crippen molar-refractivity contribution in [1.82, 2.24) is 5.32 Å². The summed E-state index contributed by atoms with van der Waals surface area (Å²) in [6.45, 7) is 3.24. The summed E-state index contributed by atoms with van der Waals surface area (Å²) in [5.74, 6) is 5.28. The second-order valence-electron chi connectivity index (χ2n) is 4.23. The van der Waals surface area contributed by atoms with E-state index in [4.69, 9.17) is 10.6 Å². The minimum Gasteiger partial charge on any atom is -0.379 e. The van der Waals surface area contributed by atoms with Gasteiger partial charge in [-0.3, -0.25) is 10.6 Å². The van der Waals surface area contributed by atoms with Crippen molar-refractivity contribution in [2.45, 2.75) is 19.4 Å². The third-order valence-corrected chi connectivity index (χ3v) is 2.84. The van der Waals surface area contributed by atoms with Crippen LogP contribution in [0.15, 0.2) is 18.2 Å². The first-order valence-corrected chi connectivity index (χ1v) is 5.66. The Morgan fingerprint density at radius 2 is 2.35 bits per heavy atom. The lowest BCUT2D eigenvalue weighted by atomic mass is 10.1. The number of aryl methyl sites for hydroxylation is 1. The Balaban J connectivity index is 2.14. The predicted octanol–water partition coefficient (Wildman–Crippen LogP) is 0.799. The van der Waals surface area contributed by atoms with Crippen LogP contribution in [-0.2, 0) is 4.74 Å². The van der Waals surface area contributed by atoms with Crippen LogP contribution in [0.5, 0.6) is 0 Å². The van der Waals surface area contributed by atoms with Gasteiger partial charge in [0.25, 0.3) is 5.91 Å². The molecule has 1 aliphatic rings. The highest BCUT2D eigenvalue weighted by Crippen LogP contribution is 2.17. The highest BCUT2D eigenvalue weighted by Gasteiger charge is 2.20. The molecule has 92 valence electrons. The number of carbonyl (C=O) groups excluding carboxylic acids is 1. The molecule has 4 N–H and O–H groups in total. The van der Waals surface area contributed by atoms with Gasteiger partial charge in [0.05, 0.1) is 23.9 Å². The average molecular weight is 235 g/mol. The van der Waals surface area contributed by atoms with Crippen LogP contribution in [0.3, 0.4) is 0 Å². The number of nitrogen functional groups attached to an aromatic ring is 1. The van der Waals surface area contributed by atoms with Gasteiger partial charge in [0, 0.05) is 6.61 Å². The molecule has 0 radical (unpaired) electrons. The number of hydrogen-bond donors (Lipinski definition) is 3. The minimum absolute atomic E-state index is 0.105. The Morgan fingerprint density at radius 1 is 1.53 bits per heavy atom. The Bertz CT molecular complexity index is 414. The molecule has 1 aromatic rings. The number of benzene rings is 1. The first-order chi connectivity index (χ1) is 8.20. The first kappa shape index (κ1) is 11.9. The summed E-state index contributed by atoms with van der Waals surface area (Å²) in [6.07, 6.45) is 0.864. The molecule has 1 aliphatic heterocycles. The molecular formula is C12H17N3O2. The number of hydrogen-bond acceptors (Lipinski definition) is 4. The van der Waals surface area contributed by atoms with Gasteiger partial charge in [-0.05, 0) is 25.5 Å². The van der Waals surface area contributed by atoms with E-state index < -0.39 is 0 Å². The fourth-order valence-corrected chi connectivity index (χ4v) is 1.88. The minimum atomic E-state index is -0.114. The van der Waals surface area contributed by atoms with Gasteiger partial charge in [0.1, 0.15) is 0 Å². The summed E-state index contributed by atoms with van der Waals surface area (Å²) in [5, 5.41) is 2.94. The van der Waals surface area contributed by atoms with Gasteiger partial charge in [0.15, 0.2) is 0 Å². The van der Waals surface area contributed by atoms with E-state index in [9.17, 15) is 4.79 Å². The first-order valence-electron chi connectivity index (χ1n) is 5.66. The third kappa shape index (κ3) is 2.75. The fourth-order valence-electron chi connectivity index (χ4n) is 1.88. The number of rotatable bonds is 3. The van der Waals surface area contributed by atoms with Crippen LogP contribution in [0, 0.1) is 6.92 Å². The quantitative estimate of drug-likeness (QED) is 0.535. The fraction of sp³-hybridized carbons (Fsp3) is 0.417. The van der Waals surface area contributed by atoms with Crippen LogP contribution in [-0.4, -0.2) is 25.2 Å². The summed E-state index contributed by atoms with van der Waals surface area (Å²) < 4.78 is 5.22. The Kier molecular flexibility index (Phi) is 3.61. The monoisotopic (exact) mass is 235 g/mol. The van der Waals surface area contributed by atoms with Crippen LogP contribution >= 0.6 is 0 Å². The molecule has 0 spiro atoms. The third-order valence-electron chi connectivity index (χ3n) is 2.84. The zero-order chi connectivity index (χ0) is 12.3. The highest BCUT2D eigenvalue weighted by molar-refractivity contribution is 5.99. The van der Waals surface area contributed by atoms with Crippen molar-refractivity contribution in [2.24, 2.45) is 5.84 Å². The lowest BCUT2D eigenvalue weighted by Crippen LogP contribution is -2.35. The molecule has 1 unspecified atom stereocenters. The van der Waals surface area contributed by atoms with Crippen molar-refractivity contribution in [2.75, 3.05) is 18.6 Å². The molecule has 0 saturated carbocycles. The average Bonchev–Trinajstić information content (AvgIpc) is 2.81. The molecule has 2 rings (SSSR count). The van der Waals surface area contributed by atoms with Crippen molar-refractivity contribution < 1.29 is 9.53 Å². The van der Waals surface area contributed by atoms with Gasteiger partial charge < -0.3 is 15.5 Å². The molecular weight excluding hydrogens is 218 g/mol. The Morgan fingerprint density at radius 3 is 3.00 bits per heavy atom. The van der Waals surface area contributed by atoms with E-state index in [1.165, 1.54) is 0 Å². The van der Waals surface area contributed by atoms with Crippen LogP contribution in [0.1, 0.15) is 22.3 Å². The smallest absolute Gasteiger partial charge is 0.253 e. The maximum absolute atomic E-state index is 12.1. The number of anilines is 1. The van der Waals surface area contributed by atoms with Gasteiger partial charge >= 0.3 is 0 Å². The molecule has 5 nitrogen and oxygen atoms in total. The van der Waals surface area contributed by atoms with E-state index in [1.807, 2.05) is 19.1 Å². The zero-order valence-corrected chi connectivity index (χ0v) is 9.82. The van der Waals surface area contributed by atoms with Crippen LogP contribution in [0.25, 0.3) is 0 Å².